The molecule has 5 nitrogen and oxygen atoms in total. The summed E-state index contributed by atoms with van der Waals surface area (Å²) in [6.45, 7) is 11.2. The number of hydrogen-bond donors (Lipinski definition) is 1. The van der Waals surface area contributed by atoms with E-state index in [1.165, 1.54) is 13.0 Å². The zero-order valence-electron chi connectivity index (χ0n) is 12.9. The van der Waals surface area contributed by atoms with Gasteiger partial charge in [0.05, 0.1) is 0 Å². The van der Waals surface area contributed by atoms with Gasteiger partial charge in [0, 0.05) is 36.9 Å². The van der Waals surface area contributed by atoms with Crippen LogP contribution in [0.15, 0.2) is 12.3 Å². The molecule has 0 saturated carbocycles. The van der Waals surface area contributed by atoms with E-state index in [9.17, 15) is 14.7 Å². The first kappa shape index (κ1) is 16.4. The highest BCUT2D eigenvalue weighted by Gasteiger charge is 2.17. The maximum absolute atomic E-state index is 11.4. The van der Waals surface area contributed by atoms with Crippen molar-refractivity contribution in [1.82, 2.24) is 9.47 Å². The van der Waals surface area contributed by atoms with E-state index in [2.05, 4.69) is 32.6 Å². The molecule has 0 saturated heterocycles. The van der Waals surface area contributed by atoms with Crippen molar-refractivity contribution in [1.29, 1.82) is 0 Å². The fraction of sp³-hybridized carbons (Fsp3) is 0.600. The molecule has 0 fully saturated rings. The lowest BCUT2D eigenvalue weighted by Crippen LogP contribution is -2.39. The third-order valence-electron chi connectivity index (χ3n) is 3.45. The summed E-state index contributed by atoms with van der Waals surface area (Å²) in [6, 6.07) is 2.23. The standard InChI is InChI=1S/C15H24N2O3/c1-10(2)17(11(3)4)7-6-16-9-13(12(5)18)8-14(16)15(19)20/h8-11H,6-7H2,1-5H3,(H,19,20). The Kier molecular flexibility index (Phi) is 5.51. The summed E-state index contributed by atoms with van der Waals surface area (Å²) in [5.41, 5.74) is 0.616. The average Bonchev–Trinajstić information content (AvgIpc) is 2.72. The van der Waals surface area contributed by atoms with Gasteiger partial charge < -0.3 is 9.67 Å². The quantitative estimate of drug-likeness (QED) is 0.779. The van der Waals surface area contributed by atoms with Crippen LogP contribution in [0, 0.1) is 0 Å². The number of nitrogens with zero attached hydrogens (tertiary/aromatic N) is 2. The van der Waals surface area contributed by atoms with Crippen LogP contribution in [0.3, 0.4) is 0 Å². The van der Waals surface area contributed by atoms with Crippen LogP contribution in [-0.2, 0) is 6.54 Å². The highest BCUT2D eigenvalue weighted by Crippen LogP contribution is 2.12. The summed E-state index contributed by atoms with van der Waals surface area (Å²) >= 11 is 0. The molecule has 0 bridgehead atoms. The minimum absolute atomic E-state index is 0.115. The average molecular weight is 280 g/mol. The summed E-state index contributed by atoms with van der Waals surface area (Å²) in [4.78, 5) is 24.9. The van der Waals surface area contributed by atoms with E-state index in [1.807, 2.05) is 0 Å². The van der Waals surface area contributed by atoms with Crippen molar-refractivity contribution in [3.63, 3.8) is 0 Å². The monoisotopic (exact) mass is 280 g/mol. The summed E-state index contributed by atoms with van der Waals surface area (Å²) in [5, 5.41) is 9.20. The van der Waals surface area contributed by atoms with Crippen LogP contribution in [0.1, 0.15) is 55.5 Å². The van der Waals surface area contributed by atoms with E-state index in [0.29, 0.717) is 24.2 Å². The van der Waals surface area contributed by atoms with Crippen LogP contribution in [0.25, 0.3) is 0 Å². The van der Waals surface area contributed by atoms with Crippen molar-refractivity contribution in [3.05, 3.63) is 23.5 Å². The molecule has 0 amide bonds. The maximum Gasteiger partial charge on any atom is 0.352 e. The van der Waals surface area contributed by atoms with E-state index in [1.54, 1.807) is 10.8 Å². The Bertz CT molecular complexity index is 481. The molecule has 5 heteroatoms. The van der Waals surface area contributed by atoms with Gasteiger partial charge in [0.15, 0.2) is 5.78 Å². The zero-order chi connectivity index (χ0) is 15.4. The van der Waals surface area contributed by atoms with E-state index < -0.39 is 5.97 Å². The molecule has 0 atom stereocenters. The molecular weight excluding hydrogens is 256 g/mol. The lowest BCUT2D eigenvalue weighted by Gasteiger charge is -2.30. The maximum atomic E-state index is 11.4. The summed E-state index contributed by atoms with van der Waals surface area (Å²) < 4.78 is 1.65. The number of aromatic nitrogens is 1. The molecule has 1 N–H and O–H groups in total. The SMILES string of the molecule is CC(=O)c1cc(C(=O)O)n(CCN(C(C)C)C(C)C)c1. The lowest BCUT2D eigenvalue weighted by atomic mass is 10.2. The molecule has 1 aromatic rings. The number of rotatable bonds is 7. The molecule has 0 aliphatic heterocycles. The lowest BCUT2D eigenvalue weighted by molar-refractivity contribution is 0.0683. The van der Waals surface area contributed by atoms with Crippen LogP contribution < -0.4 is 0 Å². The molecule has 1 rings (SSSR count). The number of ketones is 1. The Hall–Kier alpha value is -1.62. The number of carboxylic acid groups (broad SMARTS) is 1. The van der Waals surface area contributed by atoms with Crippen molar-refractivity contribution >= 4 is 11.8 Å². The van der Waals surface area contributed by atoms with E-state index in [0.717, 1.165) is 6.54 Å². The highest BCUT2D eigenvalue weighted by atomic mass is 16.4. The molecule has 1 heterocycles. The number of carbonyl (C=O) groups excluding carboxylic acids is 1. The summed E-state index contributed by atoms with van der Waals surface area (Å²) in [5.74, 6) is -1.12. The second-order valence-corrected chi connectivity index (χ2v) is 5.59. The molecule has 1 aromatic heterocycles. The number of Topliss-reactive ketones (excluding diaryl/α,β-unsaturated/α-hetero) is 1. The molecular formula is C15H24N2O3. The molecule has 0 aromatic carbocycles. The second kappa shape index (κ2) is 6.70. The second-order valence-electron chi connectivity index (χ2n) is 5.59. The van der Waals surface area contributed by atoms with Gasteiger partial charge in [-0.15, -0.1) is 0 Å². The van der Waals surface area contributed by atoms with Crippen LogP contribution in [0.4, 0.5) is 0 Å². The zero-order valence-corrected chi connectivity index (χ0v) is 12.9. The molecule has 112 valence electrons. The van der Waals surface area contributed by atoms with Crippen molar-refractivity contribution in [3.8, 4) is 0 Å². The van der Waals surface area contributed by atoms with Gasteiger partial charge in [-0.05, 0) is 40.7 Å². The number of hydrogen-bond acceptors (Lipinski definition) is 3. The fourth-order valence-electron chi connectivity index (χ4n) is 2.40. The van der Waals surface area contributed by atoms with Gasteiger partial charge in [-0.3, -0.25) is 9.69 Å². The fourth-order valence-corrected chi connectivity index (χ4v) is 2.40. The van der Waals surface area contributed by atoms with Gasteiger partial charge in [-0.1, -0.05) is 0 Å². The van der Waals surface area contributed by atoms with E-state index >= 15 is 0 Å². The number of aromatic carboxylic acids is 1. The first-order chi connectivity index (χ1) is 9.23. The predicted molar refractivity (Wildman–Crippen MR) is 78.4 cm³/mol. The summed E-state index contributed by atoms with van der Waals surface area (Å²) in [7, 11) is 0. The van der Waals surface area contributed by atoms with Gasteiger partial charge in [0.1, 0.15) is 5.69 Å². The smallest absolute Gasteiger partial charge is 0.352 e. The molecule has 0 aliphatic carbocycles. The first-order valence-electron chi connectivity index (χ1n) is 6.94. The molecule has 0 radical (unpaired) electrons. The minimum atomic E-state index is -1.00. The molecule has 20 heavy (non-hydrogen) atoms. The van der Waals surface area contributed by atoms with Crippen molar-refractivity contribution in [2.75, 3.05) is 6.54 Å². The Morgan fingerprint density at radius 2 is 1.80 bits per heavy atom. The normalized spacial score (nSPS) is 11.6. The first-order valence-corrected chi connectivity index (χ1v) is 6.94. The largest absolute Gasteiger partial charge is 0.477 e. The molecule has 0 unspecified atom stereocenters. The summed E-state index contributed by atoms with van der Waals surface area (Å²) in [6.07, 6.45) is 1.63. The van der Waals surface area contributed by atoms with E-state index in [4.69, 9.17) is 0 Å². The Morgan fingerprint density at radius 3 is 2.20 bits per heavy atom. The molecule has 0 spiro atoms. The third kappa shape index (κ3) is 3.93. The van der Waals surface area contributed by atoms with Crippen LogP contribution in [0.2, 0.25) is 0 Å². The minimum Gasteiger partial charge on any atom is -0.477 e. The van der Waals surface area contributed by atoms with Gasteiger partial charge in [0.2, 0.25) is 0 Å². The van der Waals surface area contributed by atoms with E-state index in [-0.39, 0.29) is 11.5 Å². The number of carboxylic acids is 1. The van der Waals surface area contributed by atoms with Crippen LogP contribution >= 0.6 is 0 Å². The van der Waals surface area contributed by atoms with Gasteiger partial charge >= 0.3 is 5.97 Å². The highest BCUT2D eigenvalue weighted by molar-refractivity contribution is 5.97. The van der Waals surface area contributed by atoms with Crippen molar-refractivity contribution < 1.29 is 14.7 Å². The number of carbonyl (C=O) groups is 2. The molecule has 0 aliphatic rings. The predicted octanol–water partition coefficient (Wildman–Crippen LogP) is 2.51. The van der Waals surface area contributed by atoms with Crippen LogP contribution in [0.5, 0.6) is 0 Å². The topological polar surface area (TPSA) is 62.5 Å². The van der Waals surface area contributed by atoms with Gasteiger partial charge in [0.25, 0.3) is 0 Å². The van der Waals surface area contributed by atoms with Gasteiger partial charge in [-0.2, -0.15) is 0 Å². The van der Waals surface area contributed by atoms with Crippen molar-refractivity contribution in [2.45, 2.75) is 53.2 Å². The Labute approximate surface area is 120 Å². The Balaban J connectivity index is 2.91. The van der Waals surface area contributed by atoms with Gasteiger partial charge in [-0.25, -0.2) is 4.79 Å². The third-order valence-corrected chi connectivity index (χ3v) is 3.45. The van der Waals surface area contributed by atoms with Crippen LogP contribution in [-0.4, -0.2) is 45.0 Å². The van der Waals surface area contributed by atoms with Crippen molar-refractivity contribution in [2.24, 2.45) is 0 Å². The Morgan fingerprint density at radius 1 is 1.25 bits per heavy atom.